The number of benzene rings is 2. The molecule has 7 heteroatoms. The monoisotopic (exact) mass is 387 g/mol. The van der Waals surface area contributed by atoms with Gasteiger partial charge < -0.3 is 19.9 Å². The highest BCUT2D eigenvalue weighted by Crippen LogP contribution is 2.34. The Morgan fingerprint density at radius 3 is 2.41 bits per heavy atom. The van der Waals surface area contributed by atoms with E-state index in [0.717, 1.165) is 5.69 Å². The van der Waals surface area contributed by atoms with E-state index in [1.807, 2.05) is 24.3 Å². The Labute approximate surface area is 163 Å². The van der Waals surface area contributed by atoms with Crippen molar-refractivity contribution in [2.24, 2.45) is 0 Å². The minimum atomic E-state index is -0.259. The summed E-state index contributed by atoms with van der Waals surface area (Å²) in [5, 5.41) is 3.45. The lowest BCUT2D eigenvalue weighted by atomic mass is 10.2. The zero-order chi connectivity index (χ0) is 19.2. The molecular formula is C20H22ClN3O3. The molecule has 0 radical (unpaired) electrons. The Kier molecular flexibility index (Phi) is 6.19. The molecule has 1 heterocycles. The molecule has 27 heavy (non-hydrogen) atoms. The summed E-state index contributed by atoms with van der Waals surface area (Å²) in [6, 6.07) is 14.6. The van der Waals surface area contributed by atoms with E-state index in [0.29, 0.717) is 42.6 Å². The van der Waals surface area contributed by atoms with Crippen LogP contribution < -0.4 is 15.0 Å². The SMILES string of the molecule is CC(=O)N1CCN(c2c(Cl)cccc2NC(=O)COc2ccccc2)CC1. The highest BCUT2D eigenvalue weighted by molar-refractivity contribution is 6.34. The van der Waals surface area contributed by atoms with Crippen molar-refractivity contribution in [3.63, 3.8) is 0 Å². The highest BCUT2D eigenvalue weighted by atomic mass is 35.5. The summed E-state index contributed by atoms with van der Waals surface area (Å²) in [6.45, 7) is 4.06. The first-order valence-electron chi connectivity index (χ1n) is 8.81. The molecule has 0 unspecified atom stereocenters. The number of anilines is 2. The van der Waals surface area contributed by atoms with Crippen molar-refractivity contribution in [2.45, 2.75) is 6.92 Å². The number of rotatable bonds is 5. The van der Waals surface area contributed by atoms with Crippen LogP contribution in [0.2, 0.25) is 5.02 Å². The summed E-state index contributed by atoms with van der Waals surface area (Å²) in [6.07, 6.45) is 0. The van der Waals surface area contributed by atoms with E-state index in [1.165, 1.54) is 0 Å². The van der Waals surface area contributed by atoms with Crippen molar-refractivity contribution in [3.05, 3.63) is 53.6 Å². The van der Waals surface area contributed by atoms with Crippen LogP contribution in [0.4, 0.5) is 11.4 Å². The summed E-state index contributed by atoms with van der Waals surface area (Å²) in [7, 11) is 0. The topological polar surface area (TPSA) is 61.9 Å². The van der Waals surface area contributed by atoms with E-state index in [1.54, 1.807) is 36.1 Å². The number of hydrogen-bond acceptors (Lipinski definition) is 4. The van der Waals surface area contributed by atoms with Gasteiger partial charge in [-0.05, 0) is 24.3 Å². The number of ether oxygens (including phenoxy) is 1. The van der Waals surface area contributed by atoms with Crippen LogP contribution in [0.5, 0.6) is 5.75 Å². The zero-order valence-electron chi connectivity index (χ0n) is 15.2. The van der Waals surface area contributed by atoms with Gasteiger partial charge in [-0.2, -0.15) is 0 Å². The third-order valence-electron chi connectivity index (χ3n) is 4.42. The fraction of sp³-hybridized carbons (Fsp3) is 0.300. The molecule has 0 atom stereocenters. The molecule has 1 aliphatic rings. The highest BCUT2D eigenvalue weighted by Gasteiger charge is 2.23. The number of amides is 2. The van der Waals surface area contributed by atoms with E-state index in [2.05, 4.69) is 10.2 Å². The molecule has 2 amide bonds. The largest absolute Gasteiger partial charge is 0.484 e. The number of nitrogens with one attached hydrogen (secondary N) is 1. The molecule has 2 aromatic carbocycles. The van der Waals surface area contributed by atoms with Crippen molar-refractivity contribution in [1.82, 2.24) is 4.90 Å². The standard InChI is InChI=1S/C20H22ClN3O3/c1-15(25)23-10-12-24(13-11-23)20-17(21)8-5-9-18(20)22-19(26)14-27-16-6-3-2-4-7-16/h2-9H,10-14H2,1H3,(H,22,26). The van der Waals surface area contributed by atoms with Crippen molar-refractivity contribution in [3.8, 4) is 5.75 Å². The maximum absolute atomic E-state index is 12.3. The number of nitrogens with zero attached hydrogens (tertiary/aromatic N) is 2. The molecule has 0 aliphatic carbocycles. The summed E-state index contributed by atoms with van der Waals surface area (Å²) < 4.78 is 5.49. The molecule has 6 nitrogen and oxygen atoms in total. The van der Waals surface area contributed by atoms with Gasteiger partial charge in [-0.25, -0.2) is 0 Å². The number of carbonyl (C=O) groups excluding carboxylic acids is 2. The maximum atomic E-state index is 12.3. The van der Waals surface area contributed by atoms with Gasteiger partial charge in [0.1, 0.15) is 5.75 Å². The first kappa shape index (κ1) is 19.0. The molecule has 1 aliphatic heterocycles. The second kappa shape index (κ2) is 8.77. The van der Waals surface area contributed by atoms with E-state index in [9.17, 15) is 9.59 Å². The summed E-state index contributed by atoms with van der Waals surface area (Å²) in [4.78, 5) is 27.7. The Bertz CT molecular complexity index is 805. The minimum absolute atomic E-state index is 0.0698. The first-order chi connectivity index (χ1) is 13.0. The number of para-hydroxylation sites is 2. The van der Waals surface area contributed by atoms with Crippen LogP contribution in [0, 0.1) is 0 Å². The van der Waals surface area contributed by atoms with Gasteiger partial charge in [0.2, 0.25) is 5.91 Å². The smallest absolute Gasteiger partial charge is 0.262 e. The van der Waals surface area contributed by atoms with Gasteiger partial charge in [0.05, 0.1) is 16.4 Å². The first-order valence-corrected chi connectivity index (χ1v) is 9.19. The zero-order valence-corrected chi connectivity index (χ0v) is 15.9. The lowest BCUT2D eigenvalue weighted by Crippen LogP contribution is -2.48. The fourth-order valence-corrected chi connectivity index (χ4v) is 3.33. The van der Waals surface area contributed by atoms with Crippen LogP contribution in [0.3, 0.4) is 0 Å². The van der Waals surface area contributed by atoms with Gasteiger partial charge >= 0.3 is 0 Å². The molecular weight excluding hydrogens is 366 g/mol. The Morgan fingerprint density at radius 2 is 1.74 bits per heavy atom. The molecule has 142 valence electrons. The van der Waals surface area contributed by atoms with Gasteiger partial charge in [-0.3, -0.25) is 9.59 Å². The molecule has 0 aromatic heterocycles. The predicted octanol–water partition coefficient (Wildman–Crippen LogP) is 3.03. The average Bonchev–Trinajstić information content (AvgIpc) is 2.67. The average molecular weight is 388 g/mol. The molecule has 0 saturated carbocycles. The molecule has 2 aromatic rings. The van der Waals surface area contributed by atoms with Crippen LogP contribution in [0.1, 0.15) is 6.92 Å². The Balaban J connectivity index is 1.66. The van der Waals surface area contributed by atoms with E-state index in [4.69, 9.17) is 16.3 Å². The number of halogens is 1. The third kappa shape index (κ3) is 4.92. The van der Waals surface area contributed by atoms with Crippen LogP contribution in [0.15, 0.2) is 48.5 Å². The fourth-order valence-electron chi connectivity index (χ4n) is 3.03. The van der Waals surface area contributed by atoms with E-state index >= 15 is 0 Å². The number of carbonyl (C=O) groups is 2. The summed E-state index contributed by atoms with van der Waals surface area (Å²) in [5.74, 6) is 0.449. The minimum Gasteiger partial charge on any atom is -0.484 e. The van der Waals surface area contributed by atoms with Gasteiger partial charge in [-0.15, -0.1) is 0 Å². The Morgan fingerprint density at radius 1 is 1.04 bits per heavy atom. The molecule has 1 fully saturated rings. The molecule has 1 saturated heterocycles. The van der Waals surface area contributed by atoms with Crippen LogP contribution in [-0.2, 0) is 9.59 Å². The second-order valence-corrected chi connectivity index (χ2v) is 6.69. The number of piperazine rings is 1. The van der Waals surface area contributed by atoms with Crippen LogP contribution in [0.25, 0.3) is 0 Å². The second-order valence-electron chi connectivity index (χ2n) is 6.28. The van der Waals surface area contributed by atoms with Crippen molar-refractivity contribution >= 4 is 34.8 Å². The van der Waals surface area contributed by atoms with E-state index in [-0.39, 0.29) is 18.4 Å². The predicted molar refractivity (Wildman–Crippen MR) is 106 cm³/mol. The quantitative estimate of drug-likeness (QED) is 0.856. The van der Waals surface area contributed by atoms with Gasteiger partial charge in [0, 0.05) is 33.1 Å². The van der Waals surface area contributed by atoms with Gasteiger partial charge in [-0.1, -0.05) is 35.9 Å². The summed E-state index contributed by atoms with van der Waals surface area (Å²) in [5.41, 5.74) is 1.41. The third-order valence-corrected chi connectivity index (χ3v) is 4.72. The normalized spacial score (nSPS) is 14.0. The van der Waals surface area contributed by atoms with Gasteiger partial charge in [0.25, 0.3) is 5.91 Å². The molecule has 1 N–H and O–H groups in total. The molecule has 0 bridgehead atoms. The molecule has 3 rings (SSSR count). The van der Waals surface area contributed by atoms with Crippen molar-refractivity contribution in [2.75, 3.05) is 43.0 Å². The van der Waals surface area contributed by atoms with E-state index < -0.39 is 0 Å². The number of hydrogen-bond donors (Lipinski definition) is 1. The van der Waals surface area contributed by atoms with Crippen LogP contribution >= 0.6 is 11.6 Å². The summed E-state index contributed by atoms with van der Waals surface area (Å²) >= 11 is 6.41. The van der Waals surface area contributed by atoms with Gasteiger partial charge in [0.15, 0.2) is 6.61 Å². The van der Waals surface area contributed by atoms with Crippen molar-refractivity contribution < 1.29 is 14.3 Å². The van der Waals surface area contributed by atoms with Crippen molar-refractivity contribution in [1.29, 1.82) is 0 Å². The lowest BCUT2D eigenvalue weighted by Gasteiger charge is -2.36. The van der Waals surface area contributed by atoms with Crippen LogP contribution in [-0.4, -0.2) is 49.5 Å². The lowest BCUT2D eigenvalue weighted by molar-refractivity contribution is -0.129. The molecule has 0 spiro atoms. The Hall–Kier alpha value is -2.73. The maximum Gasteiger partial charge on any atom is 0.262 e.